The van der Waals surface area contributed by atoms with E-state index in [4.69, 9.17) is 4.74 Å². The largest absolute Gasteiger partial charge is 0.495 e. The molecule has 92 valence electrons. The molecule has 1 amide bonds. The average Bonchev–Trinajstić information content (AvgIpc) is 3.06. The van der Waals surface area contributed by atoms with Crippen molar-refractivity contribution in [1.82, 2.24) is 0 Å². The first-order valence-electron chi connectivity index (χ1n) is 5.46. The maximum Gasteiger partial charge on any atom is 0.230 e. The Hall–Kier alpha value is -1.78. The van der Waals surface area contributed by atoms with Gasteiger partial charge in [0.25, 0.3) is 0 Å². The van der Waals surface area contributed by atoms with Crippen molar-refractivity contribution in [2.24, 2.45) is 5.92 Å². The molecule has 2 atom stereocenters. The van der Waals surface area contributed by atoms with Crippen molar-refractivity contribution >= 4 is 17.3 Å². The highest BCUT2D eigenvalue weighted by atomic mass is 19.1. The number of hydrogen-bond donors (Lipinski definition) is 2. The van der Waals surface area contributed by atoms with Crippen LogP contribution in [0.1, 0.15) is 6.42 Å². The molecule has 1 aliphatic carbocycles. The molecule has 0 unspecified atom stereocenters. The molecule has 0 bridgehead atoms. The van der Waals surface area contributed by atoms with E-state index < -0.39 is 12.1 Å². The van der Waals surface area contributed by atoms with E-state index in [-0.39, 0.29) is 5.91 Å². The summed E-state index contributed by atoms with van der Waals surface area (Å²) in [6.07, 6.45) is -0.641. The number of alkyl halides is 1. The topological polar surface area (TPSA) is 50.4 Å². The number of hydrogen-bond acceptors (Lipinski definition) is 3. The van der Waals surface area contributed by atoms with Crippen molar-refractivity contribution in [1.29, 1.82) is 0 Å². The fourth-order valence-corrected chi connectivity index (χ4v) is 1.65. The monoisotopic (exact) mass is 238 g/mol. The molecule has 0 aromatic heterocycles. The number of carbonyl (C=O) groups is 1. The number of methoxy groups -OCH3 is 1. The van der Waals surface area contributed by atoms with Crippen LogP contribution in [0.4, 0.5) is 15.8 Å². The van der Waals surface area contributed by atoms with Gasteiger partial charge in [0.1, 0.15) is 11.9 Å². The zero-order valence-electron chi connectivity index (χ0n) is 9.79. The van der Waals surface area contributed by atoms with Crippen LogP contribution >= 0.6 is 0 Å². The molecule has 1 aromatic rings. The standard InChI is InChI=1S/C12H15FN2O2/c1-14-10-5-7(3-4-11(10)17-2)15-12(16)8-6-9(8)13/h3-5,8-9,14H,6H2,1-2H3,(H,15,16)/t8-,9-/m1/s1. The maximum atomic E-state index is 12.7. The number of benzene rings is 1. The Morgan fingerprint density at radius 2 is 2.24 bits per heavy atom. The Labute approximate surface area is 99.2 Å². The normalized spacial score (nSPS) is 21.8. The summed E-state index contributed by atoms with van der Waals surface area (Å²) in [6.45, 7) is 0. The molecule has 1 saturated carbocycles. The minimum absolute atomic E-state index is 0.260. The minimum Gasteiger partial charge on any atom is -0.495 e. The summed E-state index contributed by atoms with van der Waals surface area (Å²) in [5.41, 5.74) is 1.41. The lowest BCUT2D eigenvalue weighted by atomic mass is 10.2. The van der Waals surface area contributed by atoms with Gasteiger partial charge in [0.15, 0.2) is 0 Å². The van der Waals surface area contributed by atoms with Crippen LogP contribution in [0.2, 0.25) is 0 Å². The van der Waals surface area contributed by atoms with Gasteiger partial charge in [0.05, 0.1) is 18.7 Å². The predicted octanol–water partition coefficient (Wildman–Crippen LogP) is 2.03. The van der Waals surface area contributed by atoms with Crippen molar-refractivity contribution in [3.8, 4) is 5.75 Å². The maximum absolute atomic E-state index is 12.7. The van der Waals surface area contributed by atoms with Crippen molar-refractivity contribution in [2.45, 2.75) is 12.6 Å². The number of anilines is 2. The Kier molecular flexibility index (Phi) is 3.17. The van der Waals surface area contributed by atoms with E-state index in [1.54, 1.807) is 32.4 Å². The Morgan fingerprint density at radius 1 is 1.53 bits per heavy atom. The van der Waals surface area contributed by atoms with Crippen molar-refractivity contribution < 1.29 is 13.9 Å². The van der Waals surface area contributed by atoms with Gasteiger partial charge in [0.2, 0.25) is 5.91 Å². The van der Waals surface area contributed by atoms with Crippen LogP contribution in [-0.2, 0) is 4.79 Å². The molecule has 1 aromatic carbocycles. The Morgan fingerprint density at radius 3 is 2.76 bits per heavy atom. The van der Waals surface area contributed by atoms with Crippen LogP contribution < -0.4 is 15.4 Å². The second-order valence-corrected chi connectivity index (χ2v) is 4.01. The number of rotatable bonds is 4. The van der Waals surface area contributed by atoms with E-state index in [9.17, 15) is 9.18 Å². The molecule has 1 fully saturated rings. The summed E-state index contributed by atoms with van der Waals surface area (Å²) >= 11 is 0. The fourth-order valence-electron chi connectivity index (χ4n) is 1.65. The van der Waals surface area contributed by atoms with Crippen molar-refractivity contribution in [3.05, 3.63) is 18.2 Å². The van der Waals surface area contributed by atoms with Gasteiger partial charge in [-0.2, -0.15) is 0 Å². The molecule has 0 aliphatic heterocycles. The third kappa shape index (κ3) is 2.49. The molecule has 2 N–H and O–H groups in total. The van der Waals surface area contributed by atoms with E-state index >= 15 is 0 Å². The molecule has 0 saturated heterocycles. The van der Waals surface area contributed by atoms with Crippen LogP contribution in [0.3, 0.4) is 0 Å². The lowest BCUT2D eigenvalue weighted by Crippen LogP contribution is -2.15. The van der Waals surface area contributed by atoms with Gasteiger partial charge >= 0.3 is 0 Å². The first-order valence-corrected chi connectivity index (χ1v) is 5.46. The number of ether oxygens (including phenoxy) is 1. The quantitative estimate of drug-likeness (QED) is 0.843. The van der Waals surface area contributed by atoms with Gasteiger partial charge in [0, 0.05) is 12.7 Å². The molecule has 0 heterocycles. The molecule has 4 nitrogen and oxygen atoms in total. The molecule has 1 aliphatic rings. The number of nitrogens with one attached hydrogen (secondary N) is 2. The molecule has 0 spiro atoms. The highest BCUT2D eigenvalue weighted by Gasteiger charge is 2.43. The van der Waals surface area contributed by atoms with Crippen LogP contribution in [0, 0.1) is 5.92 Å². The van der Waals surface area contributed by atoms with E-state index in [2.05, 4.69) is 10.6 Å². The summed E-state index contributed by atoms with van der Waals surface area (Å²) in [4.78, 5) is 11.5. The SMILES string of the molecule is CNc1cc(NC(=O)[C@@H]2C[C@H]2F)ccc1OC. The molecule has 2 rings (SSSR count). The highest BCUT2D eigenvalue weighted by molar-refractivity contribution is 5.95. The second kappa shape index (κ2) is 4.61. The van der Waals surface area contributed by atoms with Crippen molar-refractivity contribution in [2.75, 3.05) is 24.8 Å². The van der Waals surface area contributed by atoms with Crippen LogP contribution in [0.5, 0.6) is 5.75 Å². The summed E-state index contributed by atoms with van der Waals surface area (Å²) in [5, 5.41) is 5.65. The number of halogens is 1. The fraction of sp³-hybridized carbons (Fsp3) is 0.417. The lowest BCUT2D eigenvalue weighted by Gasteiger charge is -2.10. The Balaban J connectivity index is 2.08. The van der Waals surface area contributed by atoms with Crippen LogP contribution in [0.15, 0.2) is 18.2 Å². The third-order valence-corrected chi connectivity index (χ3v) is 2.79. The van der Waals surface area contributed by atoms with Crippen LogP contribution in [-0.4, -0.2) is 26.2 Å². The predicted molar refractivity (Wildman–Crippen MR) is 64.2 cm³/mol. The summed E-state index contributed by atoms with van der Waals surface area (Å²) in [7, 11) is 3.34. The van der Waals surface area contributed by atoms with Crippen LogP contribution in [0.25, 0.3) is 0 Å². The minimum atomic E-state index is -0.975. The van der Waals surface area contributed by atoms with E-state index in [0.717, 1.165) is 5.69 Å². The van der Waals surface area contributed by atoms with E-state index in [1.807, 2.05) is 0 Å². The Bertz CT molecular complexity index is 437. The van der Waals surface area contributed by atoms with Gasteiger partial charge in [-0.15, -0.1) is 0 Å². The van der Waals surface area contributed by atoms with Gasteiger partial charge in [-0.3, -0.25) is 4.79 Å². The van der Waals surface area contributed by atoms with Gasteiger partial charge < -0.3 is 15.4 Å². The van der Waals surface area contributed by atoms with Gasteiger partial charge in [-0.25, -0.2) is 4.39 Å². The van der Waals surface area contributed by atoms with E-state index in [0.29, 0.717) is 17.9 Å². The smallest absolute Gasteiger partial charge is 0.230 e. The lowest BCUT2D eigenvalue weighted by molar-refractivity contribution is -0.117. The third-order valence-electron chi connectivity index (χ3n) is 2.79. The van der Waals surface area contributed by atoms with Gasteiger partial charge in [-0.1, -0.05) is 0 Å². The first-order chi connectivity index (χ1) is 8.15. The summed E-state index contributed by atoms with van der Waals surface area (Å²) in [6, 6.07) is 5.24. The number of amides is 1. The van der Waals surface area contributed by atoms with Gasteiger partial charge in [-0.05, 0) is 24.6 Å². The molecule has 17 heavy (non-hydrogen) atoms. The zero-order valence-corrected chi connectivity index (χ0v) is 9.79. The average molecular weight is 238 g/mol. The van der Waals surface area contributed by atoms with E-state index in [1.165, 1.54) is 0 Å². The molecule has 5 heteroatoms. The second-order valence-electron chi connectivity index (χ2n) is 4.01. The molecular formula is C12H15FN2O2. The zero-order chi connectivity index (χ0) is 12.4. The highest BCUT2D eigenvalue weighted by Crippen LogP contribution is 2.35. The molecule has 0 radical (unpaired) electrons. The molecular weight excluding hydrogens is 223 g/mol. The van der Waals surface area contributed by atoms with Crippen molar-refractivity contribution in [3.63, 3.8) is 0 Å². The summed E-state index contributed by atoms with van der Waals surface area (Å²) < 4.78 is 17.8. The number of carbonyl (C=O) groups excluding carboxylic acids is 1. The summed E-state index contributed by atoms with van der Waals surface area (Å²) in [5.74, 6) is -0.0415. The first kappa shape index (κ1) is 11.7.